The zero-order valence-electron chi connectivity index (χ0n) is 18.5. The first kappa shape index (κ1) is 24.9. The van der Waals surface area contributed by atoms with E-state index in [0.717, 1.165) is 0 Å². The van der Waals surface area contributed by atoms with Crippen molar-refractivity contribution in [3.8, 4) is 0 Å². The number of carboxylic acid groups (broad SMARTS) is 1. The molecule has 4 unspecified atom stereocenters. The van der Waals surface area contributed by atoms with Gasteiger partial charge in [0.05, 0.1) is 17.0 Å². The molecule has 3 saturated carbocycles. The lowest BCUT2D eigenvalue weighted by atomic mass is 9.43. The molecule has 10 heteroatoms. The standard InChI is InChI=1S/C23H30BrFO8/c1-20-8-15(28)18-10(5-16(25)23(33)9-14(27)12(24)7-21(18,23)2)11(20)3-4-22(20,32)19(31)13(26)6-17(29)30/h7,10-11,13,15-16,18,26,28,32-33H,3-6,8-9H2,1-2H3,(H,29,30)/t10-,11-,13?,15?,16?,18+,20-,21+,22-,23?/m0/s1. The van der Waals surface area contributed by atoms with Crippen molar-refractivity contribution in [1.29, 1.82) is 0 Å². The maximum absolute atomic E-state index is 15.6. The zero-order chi connectivity index (χ0) is 24.7. The maximum atomic E-state index is 15.6. The first-order chi connectivity index (χ1) is 15.1. The van der Waals surface area contributed by atoms with Crippen molar-refractivity contribution in [1.82, 2.24) is 0 Å². The summed E-state index contributed by atoms with van der Waals surface area (Å²) < 4.78 is 15.8. The van der Waals surface area contributed by atoms with Crippen LogP contribution in [0.25, 0.3) is 0 Å². The summed E-state index contributed by atoms with van der Waals surface area (Å²) in [5.74, 6) is -4.36. The number of ketones is 2. The Morgan fingerprint density at radius 1 is 1.30 bits per heavy atom. The van der Waals surface area contributed by atoms with Gasteiger partial charge in [-0.25, -0.2) is 4.39 Å². The number of alkyl halides is 1. The minimum absolute atomic E-state index is 0.0461. The lowest BCUT2D eigenvalue weighted by Gasteiger charge is -2.64. The molecule has 5 N–H and O–H groups in total. The highest BCUT2D eigenvalue weighted by Crippen LogP contribution is 2.69. The monoisotopic (exact) mass is 532 g/mol. The topological polar surface area (TPSA) is 152 Å². The van der Waals surface area contributed by atoms with Gasteiger partial charge in [-0.05, 0) is 59.4 Å². The number of aliphatic hydroxyl groups excluding tert-OH is 2. The Labute approximate surface area is 199 Å². The fourth-order valence-electron chi connectivity index (χ4n) is 7.73. The fraction of sp³-hybridized carbons (Fsp3) is 0.783. The van der Waals surface area contributed by atoms with Gasteiger partial charge in [0.2, 0.25) is 0 Å². The number of rotatable bonds is 4. The number of hydrogen-bond donors (Lipinski definition) is 5. The third kappa shape index (κ3) is 3.17. The van der Waals surface area contributed by atoms with Gasteiger partial charge in [0.15, 0.2) is 11.6 Å². The highest BCUT2D eigenvalue weighted by Gasteiger charge is 2.73. The van der Waals surface area contributed by atoms with Crippen LogP contribution < -0.4 is 0 Å². The molecule has 0 aromatic rings. The first-order valence-electron chi connectivity index (χ1n) is 11.2. The van der Waals surface area contributed by atoms with Crippen LogP contribution in [0.5, 0.6) is 0 Å². The number of aliphatic carboxylic acids is 1. The third-order valence-electron chi connectivity index (χ3n) is 9.43. The van der Waals surface area contributed by atoms with E-state index in [0.29, 0.717) is 6.42 Å². The molecular weight excluding hydrogens is 503 g/mol. The molecule has 0 aliphatic heterocycles. The first-order valence-corrected chi connectivity index (χ1v) is 12.0. The maximum Gasteiger partial charge on any atom is 0.306 e. The number of allylic oxidation sites excluding steroid dienone is 1. The van der Waals surface area contributed by atoms with Gasteiger partial charge in [0.25, 0.3) is 0 Å². The molecule has 0 spiro atoms. The molecule has 4 aliphatic carbocycles. The summed E-state index contributed by atoms with van der Waals surface area (Å²) in [5, 5.41) is 53.3. The van der Waals surface area contributed by atoms with E-state index in [-0.39, 0.29) is 23.7 Å². The van der Waals surface area contributed by atoms with Crippen LogP contribution in [-0.4, -0.2) is 72.7 Å². The molecule has 0 heterocycles. The van der Waals surface area contributed by atoms with E-state index >= 15 is 4.39 Å². The number of fused-ring (bicyclic) bond motifs is 5. The van der Waals surface area contributed by atoms with Crippen molar-refractivity contribution in [3.05, 3.63) is 10.6 Å². The Morgan fingerprint density at radius 3 is 2.55 bits per heavy atom. The minimum Gasteiger partial charge on any atom is -0.481 e. The van der Waals surface area contributed by atoms with Gasteiger partial charge < -0.3 is 25.5 Å². The third-order valence-corrected chi connectivity index (χ3v) is 10.1. The number of carbonyl (C=O) groups excluding carboxylic acids is 2. The molecule has 8 nitrogen and oxygen atoms in total. The van der Waals surface area contributed by atoms with Crippen molar-refractivity contribution < 1.29 is 44.3 Å². The number of carboxylic acids is 1. The molecule has 0 amide bonds. The fourth-order valence-corrected chi connectivity index (χ4v) is 8.34. The van der Waals surface area contributed by atoms with E-state index in [4.69, 9.17) is 5.11 Å². The average molecular weight is 533 g/mol. The summed E-state index contributed by atoms with van der Waals surface area (Å²) in [6.45, 7) is 3.26. The highest BCUT2D eigenvalue weighted by molar-refractivity contribution is 9.12. The SMILES string of the molecule is C[C@]12CC(O)[C@H]3[C@@H](CC(F)C4(O)CC(=O)C(Br)=C[C@]34C)[C@@H]1CC[C@]2(O)C(=O)C(O)CC(=O)O. The van der Waals surface area contributed by atoms with Gasteiger partial charge in [-0.2, -0.15) is 0 Å². The normalized spacial score (nSPS) is 50.0. The molecule has 184 valence electrons. The number of hydrogen-bond acceptors (Lipinski definition) is 7. The summed E-state index contributed by atoms with van der Waals surface area (Å²) in [6, 6.07) is 0. The van der Waals surface area contributed by atoms with Crippen molar-refractivity contribution >= 4 is 33.5 Å². The Balaban J connectivity index is 1.75. The van der Waals surface area contributed by atoms with Gasteiger partial charge in [-0.3, -0.25) is 14.4 Å². The Morgan fingerprint density at radius 2 is 1.94 bits per heavy atom. The summed E-state index contributed by atoms with van der Waals surface area (Å²) in [6.07, 6.45) is -4.49. The Kier molecular flexibility index (Phi) is 5.77. The van der Waals surface area contributed by atoms with E-state index in [1.165, 1.54) is 6.08 Å². The predicted octanol–water partition coefficient (Wildman–Crippen LogP) is 1.27. The van der Waals surface area contributed by atoms with Crippen molar-refractivity contribution in [2.45, 2.75) is 82.0 Å². The lowest BCUT2D eigenvalue weighted by molar-refractivity contribution is -0.241. The van der Waals surface area contributed by atoms with Crippen LogP contribution in [0.1, 0.15) is 52.4 Å². The molecule has 0 aromatic heterocycles. The van der Waals surface area contributed by atoms with Crippen LogP contribution in [-0.2, 0) is 14.4 Å². The summed E-state index contributed by atoms with van der Waals surface area (Å²) in [7, 11) is 0. The Hall–Kier alpha value is -1.20. The van der Waals surface area contributed by atoms with Crippen molar-refractivity contribution in [3.63, 3.8) is 0 Å². The molecule has 0 aromatic carbocycles. The van der Waals surface area contributed by atoms with Crippen LogP contribution >= 0.6 is 15.9 Å². The molecule has 0 bridgehead atoms. The van der Waals surface area contributed by atoms with E-state index in [9.17, 15) is 34.8 Å². The molecular formula is C23H30BrFO8. The second-order valence-electron chi connectivity index (χ2n) is 10.9. The molecule has 4 rings (SSSR count). The van der Waals surface area contributed by atoms with Crippen LogP contribution in [0.3, 0.4) is 0 Å². The summed E-state index contributed by atoms with van der Waals surface area (Å²) in [4.78, 5) is 36.3. The van der Waals surface area contributed by atoms with Crippen molar-refractivity contribution in [2.75, 3.05) is 0 Å². The number of Topliss-reactive ketones (excluding diaryl/α,β-unsaturated/α-hetero) is 2. The van der Waals surface area contributed by atoms with Gasteiger partial charge >= 0.3 is 5.97 Å². The van der Waals surface area contributed by atoms with Gasteiger partial charge in [-0.1, -0.05) is 19.9 Å². The minimum atomic E-state index is -2.07. The van der Waals surface area contributed by atoms with Crippen LogP contribution in [0.15, 0.2) is 10.6 Å². The van der Waals surface area contributed by atoms with E-state index in [1.54, 1.807) is 13.8 Å². The largest absolute Gasteiger partial charge is 0.481 e. The number of aliphatic hydroxyl groups is 4. The lowest BCUT2D eigenvalue weighted by Crippen LogP contribution is -2.70. The molecule has 0 saturated heterocycles. The molecule has 33 heavy (non-hydrogen) atoms. The van der Waals surface area contributed by atoms with Crippen LogP contribution in [0, 0.1) is 28.6 Å². The second kappa shape index (κ2) is 7.65. The van der Waals surface area contributed by atoms with E-state index in [2.05, 4.69) is 15.9 Å². The molecule has 3 fully saturated rings. The highest BCUT2D eigenvalue weighted by atomic mass is 79.9. The van der Waals surface area contributed by atoms with Gasteiger partial charge in [0, 0.05) is 17.3 Å². The van der Waals surface area contributed by atoms with Crippen molar-refractivity contribution in [2.24, 2.45) is 28.6 Å². The number of carbonyl (C=O) groups is 3. The molecule has 0 radical (unpaired) electrons. The second-order valence-corrected chi connectivity index (χ2v) is 11.7. The summed E-state index contributed by atoms with van der Waals surface area (Å²) >= 11 is 3.21. The summed E-state index contributed by atoms with van der Waals surface area (Å²) in [5.41, 5.74) is -6.55. The average Bonchev–Trinajstić information content (AvgIpc) is 2.95. The van der Waals surface area contributed by atoms with E-state index < -0.39 is 88.5 Å². The van der Waals surface area contributed by atoms with Crippen LogP contribution in [0.2, 0.25) is 0 Å². The zero-order valence-corrected chi connectivity index (χ0v) is 20.1. The van der Waals surface area contributed by atoms with Gasteiger partial charge in [-0.15, -0.1) is 0 Å². The quantitative estimate of drug-likeness (QED) is 0.362. The van der Waals surface area contributed by atoms with Gasteiger partial charge in [0.1, 0.15) is 23.5 Å². The Bertz CT molecular complexity index is 939. The predicted molar refractivity (Wildman–Crippen MR) is 116 cm³/mol. The van der Waals surface area contributed by atoms with Crippen LogP contribution in [0.4, 0.5) is 4.39 Å². The molecule has 4 aliphatic rings. The number of halogens is 2. The molecule has 10 atom stereocenters. The smallest absolute Gasteiger partial charge is 0.306 e. The van der Waals surface area contributed by atoms with E-state index in [1.807, 2.05) is 0 Å².